The molecule has 0 heterocycles. The van der Waals surface area contributed by atoms with Crippen molar-refractivity contribution in [3.63, 3.8) is 0 Å². The van der Waals surface area contributed by atoms with Crippen LogP contribution in [-0.4, -0.2) is 0 Å². The van der Waals surface area contributed by atoms with Gasteiger partial charge in [0.1, 0.15) is 0 Å². The number of hydrogen-bond acceptors (Lipinski definition) is 1. The molecule has 0 N–H and O–H groups in total. The first kappa shape index (κ1) is 13.7. The standard InChI is InChI=1S/C18H18S/c1-13(2)16-11-8-12-17(14(3)4)18(16)19-15-9-6-5-7-10-15/h5-12H,1,3H2,2,4H3. The molecule has 96 valence electrons. The van der Waals surface area contributed by atoms with Crippen molar-refractivity contribution in [3.8, 4) is 0 Å². The molecule has 0 saturated carbocycles. The number of benzene rings is 2. The van der Waals surface area contributed by atoms with Gasteiger partial charge in [-0.15, -0.1) is 0 Å². The van der Waals surface area contributed by atoms with Gasteiger partial charge in [-0.1, -0.05) is 61.3 Å². The van der Waals surface area contributed by atoms with Crippen LogP contribution < -0.4 is 0 Å². The maximum absolute atomic E-state index is 4.09. The van der Waals surface area contributed by atoms with E-state index in [0.717, 1.165) is 11.1 Å². The highest BCUT2D eigenvalue weighted by Gasteiger charge is 2.11. The molecule has 0 nitrogen and oxygen atoms in total. The molecule has 0 atom stereocenters. The molecule has 2 aromatic carbocycles. The molecule has 0 aliphatic carbocycles. The molecule has 2 aromatic rings. The Morgan fingerprint density at radius 1 is 0.789 bits per heavy atom. The molecule has 0 bridgehead atoms. The van der Waals surface area contributed by atoms with Crippen LogP contribution in [0.5, 0.6) is 0 Å². The molecule has 0 radical (unpaired) electrons. The highest BCUT2D eigenvalue weighted by molar-refractivity contribution is 7.99. The molecule has 0 saturated heterocycles. The van der Waals surface area contributed by atoms with Gasteiger partial charge in [0.15, 0.2) is 0 Å². The van der Waals surface area contributed by atoms with Crippen molar-refractivity contribution >= 4 is 22.9 Å². The first-order chi connectivity index (χ1) is 9.09. The maximum atomic E-state index is 4.09. The van der Waals surface area contributed by atoms with Gasteiger partial charge in [0.05, 0.1) is 0 Å². The van der Waals surface area contributed by atoms with Crippen molar-refractivity contribution in [1.29, 1.82) is 0 Å². The fourth-order valence-corrected chi connectivity index (χ4v) is 3.16. The molecule has 0 fully saturated rings. The molecular weight excluding hydrogens is 248 g/mol. The lowest BCUT2D eigenvalue weighted by Gasteiger charge is -2.14. The van der Waals surface area contributed by atoms with E-state index in [1.54, 1.807) is 11.8 Å². The first-order valence-electron chi connectivity index (χ1n) is 6.27. The van der Waals surface area contributed by atoms with E-state index in [-0.39, 0.29) is 0 Å². The highest BCUT2D eigenvalue weighted by atomic mass is 32.2. The predicted octanol–water partition coefficient (Wildman–Crippen LogP) is 5.90. The fraction of sp³-hybridized carbons (Fsp3) is 0.111. The molecule has 19 heavy (non-hydrogen) atoms. The van der Waals surface area contributed by atoms with E-state index >= 15 is 0 Å². The predicted molar refractivity (Wildman–Crippen MR) is 86.4 cm³/mol. The quantitative estimate of drug-likeness (QED) is 0.663. The molecule has 0 aliphatic heterocycles. The van der Waals surface area contributed by atoms with Crippen LogP contribution in [0.2, 0.25) is 0 Å². The van der Waals surface area contributed by atoms with Crippen molar-refractivity contribution in [2.45, 2.75) is 23.6 Å². The van der Waals surface area contributed by atoms with Crippen molar-refractivity contribution in [3.05, 3.63) is 72.8 Å². The van der Waals surface area contributed by atoms with Crippen LogP contribution in [0.1, 0.15) is 25.0 Å². The summed E-state index contributed by atoms with van der Waals surface area (Å²) in [6.07, 6.45) is 0. The number of allylic oxidation sites excluding steroid dienone is 2. The topological polar surface area (TPSA) is 0 Å². The van der Waals surface area contributed by atoms with Crippen LogP contribution >= 0.6 is 11.8 Å². The molecular formula is C18H18S. The van der Waals surface area contributed by atoms with E-state index in [9.17, 15) is 0 Å². The molecule has 0 aromatic heterocycles. The van der Waals surface area contributed by atoms with E-state index in [4.69, 9.17) is 0 Å². The Morgan fingerprint density at radius 3 is 1.79 bits per heavy atom. The second-order valence-corrected chi connectivity index (χ2v) is 5.74. The van der Waals surface area contributed by atoms with Crippen LogP contribution in [0.15, 0.2) is 71.5 Å². The van der Waals surface area contributed by atoms with Gasteiger partial charge in [0, 0.05) is 9.79 Å². The van der Waals surface area contributed by atoms with Gasteiger partial charge in [-0.3, -0.25) is 0 Å². The summed E-state index contributed by atoms with van der Waals surface area (Å²) in [6, 6.07) is 16.7. The molecule has 2 rings (SSSR count). The molecule has 1 heteroatoms. The largest absolute Gasteiger partial charge is 0.0955 e. The zero-order valence-electron chi connectivity index (χ0n) is 11.4. The van der Waals surface area contributed by atoms with Gasteiger partial charge in [0.2, 0.25) is 0 Å². The second-order valence-electron chi connectivity index (χ2n) is 4.66. The summed E-state index contributed by atoms with van der Waals surface area (Å²) in [4.78, 5) is 2.48. The summed E-state index contributed by atoms with van der Waals surface area (Å²) in [5, 5.41) is 0. The molecule has 0 spiro atoms. The SMILES string of the molecule is C=C(C)c1cccc(C(=C)C)c1Sc1ccccc1. The van der Waals surface area contributed by atoms with E-state index in [0.29, 0.717) is 0 Å². The zero-order valence-corrected chi connectivity index (χ0v) is 12.3. The van der Waals surface area contributed by atoms with Crippen LogP contribution in [-0.2, 0) is 0 Å². The monoisotopic (exact) mass is 266 g/mol. The third kappa shape index (κ3) is 3.18. The van der Waals surface area contributed by atoms with Crippen molar-refractivity contribution in [2.24, 2.45) is 0 Å². The van der Waals surface area contributed by atoms with E-state index in [1.165, 1.54) is 20.9 Å². The summed E-state index contributed by atoms with van der Waals surface area (Å²) in [5.74, 6) is 0. The summed E-state index contributed by atoms with van der Waals surface area (Å²) >= 11 is 1.78. The lowest BCUT2D eigenvalue weighted by atomic mass is 10.0. The van der Waals surface area contributed by atoms with Crippen molar-refractivity contribution in [2.75, 3.05) is 0 Å². The van der Waals surface area contributed by atoms with Gasteiger partial charge in [-0.2, -0.15) is 0 Å². The van der Waals surface area contributed by atoms with E-state index in [1.807, 2.05) is 19.9 Å². The molecule has 0 unspecified atom stereocenters. The van der Waals surface area contributed by atoms with E-state index < -0.39 is 0 Å². The van der Waals surface area contributed by atoms with E-state index in [2.05, 4.69) is 55.6 Å². The van der Waals surface area contributed by atoms with Crippen LogP contribution in [0.25, 0.3) is 11.1 Å². The third-order valence-corrected chi connectivity index (χ3v) is 4.05. The van der Waals surface area contributed by atoms with Gasteiger partial charge in [-0.05, 0) is 48.3 Å². The van der Waals surface area contributed by atoms with Gasteiger partial charge >= 0.3 is 0 Å². The average molecular weight is 266 g/mol. The smallest absolute Gasteiger partial charge is 0.0272 e. The molecule has 0 amide bonds. The van der Waals surface area contributed by atoms with Crippen LogP contribution in [0.3, 0.4) is 0 Å². The van der Waals surface area contributed by atoms with Crippen molar-refractivity contribution < 1.29 is 0 Å². The summed E-state index contributed by atoms with van der Waals surface area (Å²) < 4.78 is 0. The minimum absolute atomic E-state index is 1.08. The highest BCUT2D eigenvalue weighted by Crippen LogP contribution is 2.38. The summed E-state index contributed by atoms with van der Waals surface area (Å²) in [5.41, 5.74) is 4.58. The first-order valence-corrected chi connectivity index (χ1v) is 7.09. The van der Waals surface area contributed by atoms with Crippen LogP contribution in [0, 0.1) is 0 Å². The maximum Gasteiger partial charge on any atom is 0.0272 e. The fourth-order valence-electron chi connectivity index (χ4n) is 1.93. The Hall–Kier alpha value is -1.73. The second kappa shape index (κ2) is 5.94. The number of hydrogen-bond donors (Lipinski definition) is 0. The zero-order chi connectivity index (χ0) is 13.8. The van der Waals surface area contributed by atoms with Gasteiger partial charge in [-0.25, -0.2) is 0 Å². The third-order valence-electron chi connectivity index (χ3n) is 2.90. The lowest BCUT2D eigenvalue weighted by molar-refractivity contribution is 1.32. The Kier molecular flexibility index (Phi) is 4.28. The van der Waals surface area contributed by atoms with Crippen LogP contribution in [0.4, 0.5) is 0 Å². The van der Waals surface area contributed by atoms with Gasteiger partial charge in [0.25, 0.3) is 0 Å². The minimum Gasteiger partial charge on any atom is -0.0955 e. The van der Waals surface area contributed by atoms with Crippen molar-refractivity contribution in [1.82, 2.24) is 0 Å². The Balaban J connectivity index is 2.52. The average Bonchev–Trinajstić information content (AvgIpc) is 2.39. The minimum atomic E-state index is 1.08. The number of rotatable bonds is 4. The normalized spacial score (nSPS) is 10.2. The Morgan fingerprint density at radius 2 is 1.32 bits per heavy atom. The lowest BCUT2D eigenvalue weighted by Crippen LogP contribution is -1.90. The Bertz CT molecular complexity index is 577. The van der Waals surface area contributed by atoms with Gasteiger partial charge < -0.3 is 0 Å². The summed E-state index contributed by atoms with van der Waals surface area (Å²) in [6.45, 7) is 12.3. The Labute approximate surface area is 119 Å². The summed E-state index contributed by atoms with van der Waals surface area (Å²) in [7, 11) is 0. The molecule has 0 aliphatic rings.